The predicted octanol–water partition coefficient (Wildman–Crippen LogP) is 2.39. The Morgan fingerprint density at radius 1 is 1.25 bits per heavy atom. The maximum Gasteiger partial charge on any atom is 0.259 e. The van der Waals surface area contributed by atoms with Gasteiger partial charge in [0.1, 0.15) is 17.8 Å². The lowest BCUT2D eigenvalue weighted by atomic mass is 10.2. The number of carbonyl (C=O) groups excluding carboxylic acids is 1. The molecule has 20 heavy (non-hydrogen) atoms. The third-order valence-corrected chi connectivity index (χ3v) is 3.71. The summed E-state index contributed by atoms with van der Waals surface area (Å²) in [6.45, 7) is 0. The minimum absolute atomic E-state index is 0.238. The average Bonchev–Trinajstić information content (AvgIpc) is 3.27. The van der Waals surface area contributed by atoms with Gasteiger partial charge < -0.3 is 10.2 Å². The van der Waals surface area contributed by atoms with Crippen molar-refractivity contribution < 1.29 is 4.79 Å². The predicted molar refractivity (Wildman–Crippen MR) is 74.4 cm³/mol. The number of pyridine rings is 1. The Morgan fingerprint density at radius 3 is 2.90 bits per heavy atom. The van der Waals surface area contributed by atoms with E-state index in [1.54, 1.807) is 18.3 Å². The number of rotatable bonds is 1. The van der Waals surface area contributed by atoms with E-state index in [9.17, 15) is 4.79 Å². The number of aromatic nitrogens is 3. The number of amides is 1. The second-order valence-electron chi connectivity index (χ2n) is 4.79. The first-order valence-electron chi connectivity index (χ1n) is 6.32. The van der Waals surface area contributed by atoms with Crippen LogP contribution in [0.25, 0.3) is 0 Å². The number of hydrogen-bond donors (Lipinski definition) is 1. The highest BCUT2D eigenvalue weighted by molar-refractivity contribution is 6.33. The van der Waals surface area contributed by atoms with Gasteiger partial charge in [-0.3, -0.25) is 4.79 Å². The zero-order chi connectivity index (χ0) is 13.7. The molecule has 3 heterocycles. The van der Waals surface area contributed by atoms with Gasteiger partial charge in [-0.15, -0.1) is 0 Å². The van der Waals surface area contributed by atoms with Crippen molar-refractivity contribution in [3.63, 3.8) is 0 Å². The van der Waals surface area contributed by atoms with Gasteiger partial charge in [-0.2, -0.15) is 0 Å². The molecule has 2 aromatic rings. The Kier molecular flexibility index (Phi) is 2.40. The Hall–Kier alpha value is -2.21. The third-order valence-electron chi connectivity index (χ3n) is 3.42. The van der Waals surface area contributed by atoms with E-state index in [1.807, 2.05) is 4.90 Å². The second-order valence-corrected chi connectivity index (χ2v) is 5.15. The molecule has 0 aromatic carbocycles. The smallest absolute Gasteiger partial charge is 0.259 e. The molecule has 6 nitrogen and oxygen atoms in total. The van der Waals surface area contributed by atoms with Crippen LogP contribution in [0.2, 0.25) is 5.15 Å². The average molecular weight is 288 g/mol. The maximum atomic E-state index is 12.3. The number of halogens is 1. The lowest BCUT2D eigenvalue weighted by Crippen LogP contribution is -2.22. The summed E-state index contributed by atoms with van der Waals surface area (Å²) in [5, 5.41) is 3.02. The molecule has 2 aliphatic rings. The van der Waals surface area contributed by atoms with Crippen LogP contribution in [0.3, 0.4) is 0 Å². The minimum Gasteiger partial charge on any atom is -0.316 e. The quantitative estimate of drug-likeness (QED) is 0.816. The van der Waals surface area contributed by atoms with Gasteiger partial charge in [0.15, 0.2) is 11.0 Å². The van der Waals surface area contributed by atoms with E-state index < -0.39 is 0 Å². The van der Waals surface area contributed by atoms with E-state index in [1.165, 1.54) is 6.33 Å². The summed E-state index contributed by atoms with van der Waals surface area (Å²) in [4.78, 5) is 26.9. The fraction of sp³-hybridized carbons (Fsp3) is 0.231. The molecule has 1 fully saturated rings. The van der Waals surface area contributed by atoms with Crippen molar-refractivity contribution >= 4 is 34.8 Å². The lowest BCUT2D eigenvalue weighted by molar-refractivity contribution is 0.102. The molecule has 0 bridgehead atoms. The van der Waals surface area contributed by atoms with Gasteiger partial charge >= 0.3 is 0 Å². The molecule has 1 saturated carbocycles. The van der Waals surface area contributed by atoms with Crippen molar-refractivity contribution in [2.45, 2.75) is 18.9 Å². The first kappa shape index (κ1) is 11.6. The van der Waals surface area contributed by atoms with Crippen LogP contribution in [-0.4, -0.2) is 26.9 Å². The zero-order valence-corrected chi connectivity index (χ0v) is 11.1. The summed E-state index contributed by atoms with van der Waals surface area (Å²) in [6.07, 6.45) is 5.17. The third kappa shape index (κ3) is 1.65. The number of fused-ring (bicyclic) bond motifs is 2. The Morgan fingerprint density at radius 2 is 2.10 bits per heavy atom. The molecule has 1 amide bonds. The number of carbonyl (C=O) groups is 1. The van der Waals surface area contributed by atoms with Crippen molar-refractivity contribution in [1.82, 2.24) is 15.0 Å². The van der Waals surface area contributed by atoms with Crippen LogP contribution in [0.4, 0.5) is 17.3 Å². The summed E-state index contributed by atoms with van der Waals surface area (Å²) < 4.78 is 0. The van der Waals surface area contributed by atoms with E-state index >= 15 is 0 Å². The number of hydrogen-bond acceptors (Lipinski definition) is 5. The van der Waals surface area contributed by atoms with Gasteiger partial charge in [0.05, 0.1) is 5.56 Å². The Balaban J connectivity index is 2.00. The molecular formula is C13H10ClN5O. The fourth-order valence-corrected chi connectivity index (χ4v) is 2.55. The van der Waals surface area contributed by atoms with Crippen LogP contribution in [-0.2, 0) is 0 Å². The van der Waals surface area contributed by atoms with Crippen LogP contribution in [0.5, 0.6) is 0 Å². The number of nitrogens with zero attached hydrogens (tertiary/aromatic N) is 4. The van der Waals surface area contributed by atoms with Gasteiger partial charge in [0.2, 0.25) is 0 Å². The van der Waals surface area contributed by atoms with E-state index in [4.69, 9.17) is 11.6 Å². The van der Waals surface area contributed by atoms with Crippen LogP contribution in [0.1, 0.15) is 23.2 Å². The molecule has 0 spiro atoms. The number of anilines is 3. The van der Waals surface area contributed by atoms with Gasteiger partial charge in [0.25, 0.3) is 5.91 Å². The van der Waals surface area contributed by atoms with Crippen molar-refractivity contribution in [2.24, 2.45) is 0 Å². The van der Waals surface area contributed by atoms with Crippen molar-refractivity contribution in [1.29, 1.82) is 0 Å². The molecule has 100 valence electrons. The zero-order valence-electron chi connectivity index (χ0n) is 10.4. The minimum atomic E-state index is -0.241. The largest absolute Gasteiger partial charge is 0.316 e. The standard InChI is InChI=1S/C13H10ClN5O/c14-10-9-12(17-6-16-10)19(7-3-4-7)11-8(13(20)18-9)2-1-5-15-11/h1-2,5-7H,3-4H2,(H,18,20). The summed E-state index contributed by atoms with van der Waals surface area (Å²) in [5.74, 6) is 0.994. The molecule has 1 aliphatic heterocycles. The van der Waals surface area contributed by atoms with Crippen molar-refractivity contribution in [3.05, 3.63) is 35.4 Å². The summed E-state index contributed by atoms with van der Waals surface area (Å²) in [5.41, 5.74) is 0.970. The molecule has 1 N–H and O–H groups in total. The fourth-order valence-electron chi connectivity index (χ4n) is 2.37. The molecular weight excluding hydrogens is 278 g/mol. The summed E-state index contributed by atoms with van der Waals surface area (Å²) >= 11 is 6.10. The van der Waals surface area contributed by atoms with Crippen LogP contribution >= 0.6 is 11.6 Å². The SMILES string of the molecule is O=C1Nc2c(Cl)ncnc2N(C2CC2)c2ncccc21. The molecule has 0 radical (unpaired) electrons. The maximum absolute atomic E-state index is 12.3. The Labute approximate surface area is 119 Å². The van der Waals surface area contributed by atoms with Gasteiger partial charge in [-0.25, -0.2) is 15.0 Å². The Bertz CT molecular complexity index is 716. The molecule has 0 atom stereocenters. The van der Waals surface area contributed by atoms with E-state index in [2.05, 4.69) is 20.3 Å². The van der Waals surface area contributed by atoms with Gasteiger partial charge in [0, 0.05) is 12.2 Å². The van der Waals surface area contributed by atoms with E-state index in [0.717, 1.165) is 12.8 Å². The summed E-state index contributed by atoms with van der Waals surface area (Å²) in [6, 6.07) is 3.80. The van der Waals surface area contributed by atoms with Crippen LogP contribution in [0, 0.1) is 0 Å². The van der Waals surface area contributed by atoms with Crippen LogP contribution < -0.4 is 10.2 Å². The van der Waals surface area contributed by atoms with Gasteiger partial charge in [-0.05, 0) is 25.0 Å². The molecule has 1 aliphatic carbocycles. The summed E-state index contributed by atoms with van der Waals surface area (Å²) in [7, 11) is 0. The number of nitrogens with one attached hydrogen (secondary N) is 1. The highest BCUT2D eigenvalue weighted by Gasteiger charge is 2.38. The second kappa shape index (κ2) is 4.14. The van der Waals surface area contributed by atoms with Crippen molar-refractivity contribution in [3.8, 4) is 0 Å². The van der Waals surface area contributed by atoms with E-state index in [-0.39, 0.29) is 11.1 Å². The molecule has 0 saturated heterocycles. The highest BCUT2D eigenvalue weighted by atomic mass is 35.5. The molecule has 0 unspecified atom stereocenters. The topological polar surface area (TPSA) is 71.0 Å². The highest BCUT2D eigenvalue weighted by Crippen LogP contribution is 2.44. The van der Waals surface area contributed by atoms with Crippen molar-refractivity contribution in [2.75, 3.05) is 10.2 Å². The first-order valence-corrected chi connectivity index (χ1v) is 6.69. The monoisotopic (exact) mass is 287 g/mol. The van der Waals surface area contributed by atoms with Gasteiger partial charge in [-0.1, -0.05) is 11.6 Å². The lowest BCUT2D eigenvalue weighted by Gasteiger charge is -2.23. The molecule has 7 heteroatoms. The van der Waals surface area contributed by atoms with Crippen LogP contribution in [0.15, 0.2) is 24.7 Å². The molecule has 2 aromatic heterocycles. The van der Waals surface area contributed by atoms with E-state index in [0.29, 0.717) is 28.9 Å². The molecule has 4 rings (SSSR count). The first-order chi connectivity index (χ1) is 9.75. The normalized spacial score (nSPS) is 17.1.